The monoisotopic (exact) mass is 749 g/mol. The van der Waals surface area contributed by atoms with E-state index in [1.54, 1.807) is 23.8 Å². The molecule has 1 fully saturated rings. The second-order valence-corrected chi connectivity index (χ2v) is 14.9. The van der Waals surface area contributed by atoms with Gasteiger partial charge in [0.1, 0.15) is 12.1 Å². The van der Waals surface area contributed by atoms with Crippen molar-refractivity contribution in [2.75, 3.05) is 47.7 Å². The van der Waals surface area contributed by atoms with Crippen LogP contribution in [0, 0.1) is 17.8 Å². The number of benzene rings is 1. The fraction of sp³-hybridized carbons (Fsp3) is 0.711. The number of amides is 4. The highest BCUT2D eigenvalue weighted by Gasteiger charge is 2.43. The second-order valence-electron chi connectivity index (χ2n) is 14.6. The zero-order valence-electron chi connectivity index (χ0n) is 32.7. The summed E-state index contributed by atoms with van der Waals surface area (Å²) in [5.74, 6) is -3.10. The summed E-state index contributed by atoms with van der Waals surface area (Å²) < 4.78 is 11.8. The highest BCUT2D eigenvalue weighted by molar-refractivity contribution is 7.80. The van der Waals surface area contributed by atoms with E-state index in [2.05, 4.69) is 23.3 Å². The SMILES string of the molecule is CCC(C)C(C(CC(=O)N1CCC[C@H]1C(OC)C(C)C(=O)NC(Cc1ccccc1)C(=O)O)OC)N(C)C(=O)C(CS)NC(=O)C(C(C)C)N(C)C. The minimum atomic E-state index is -1.14. The lowest BCUT2D eigenvalue weighted by Gasteiger charge is -2.40. The summed E-state index contributed by atoms with van der Waals surface area (Å²) in [6.07, 6.45) is 0.754. The van der Waals surface area contributed by atoms with Crippen LogP contribution in [0.4, 0.5) is 0 Å². The van der Waals surface area contributed by atoms with Gasteiger partial charge in [-0.2, -0.15) is 12.6 Å². The molecule has 0 spiro atoms. The topological polar surface area (TPSA) is 158 Å². The number of thiol groups is 1. The number of nitrogens with one attached hydrogen (secondary N) is 2. The molecule has 8 unspecified atom stereocenters. The largest absolute Gasteiger partial charge is 0.480 e. The van der Waals surface area contributed by atoms with Crippen molar-refractivity contribution >= 4 is 42.2 Å². The summed E-state index contributed by atoms with van der Waals surface area (Å²) in [6, 6.07) is 5.72. The smallest absolute Gasteiger partial charge is 0.326 e. The number of hydrogen-bond donors (Lipinski definition) is 4. The van der Waals surface area contributed by atoms with Crippen LogP contribution in [0.1, 0.15) is 65.9 Å². The van der Waals surface area contributed by atoms with E-state index in [4.69, 9.17) is 9.47 Å². The lowest BCUT2D eigenvalue weighted by molar-refractivity contribution is -0.147. The molecule has 294 valence electrons. The van der Waals surface area contributed by atoms with Gasteiger partial charge in [0.2, 0.25) is 23.6 Å². The van der Waals surface area contributed by atoms with Crippen molar-refractivity contribution in [2.24, 2.45) is 17.8 Å². The Bertz CT molecular complexity index is 1310. The molecular weight excluding hydrogens is 687 g/mol. The first-order valence-corrected chi connectivity index (χ1v) is 18.9. The molecule has 52 heavy (non-hydrogen) atoms. The van der Waals surface area contributed by atoms with Crippen LogP contribution in [0.5, 0.6) is 0 Å². The average molecular weight is 750 g/mol. The lowest BCUT2D eigenvalue weighted by Crippen LogP contribution is -2.59. The van der Waals surface area contributed by atoms with Gasteiger partial charge >= 0.3 is 5.97 Å². The molecule has 1 aromatic rings. The number of hydrogen-bond acceptors (Lipinski definition) is 9. The Morgan fingerprint density at radius 2 is 1.58 bits per heavy atom. The molecule has 2 rings (SSSR count). The number of ether oxygens (including phenoxy) is 2. The maximum atomic E-state index is 14.1. The summed E-state index contributed by atoms with van der Waals surface area (Å²) in [7, 11) is 8.33. The Balaban J connectivity index is 2.24. The molecule has 1 aliphatic heterocycles. The zero-order chi connectivity index (χ0) is 39.3. The van der Waals surface area contributed by atoms with E-state index in [1.165, 1.54) is 14.2 Å². The molecule has 0 bridgehead atoms. The summed E-state index contributed by atoms with van der Waals surface area (Å²) in [6.45, 7) is 10.0. The number of carbonyl (C=O) groups is 5. The van der Waals surface area contributed by atoms with Gasteiger partial charge in [0.05, 0.1) is 42.7 Å². The molecule has 14 heteroatoms. The van der Waals surface area contributed by atoms with Gasteiger partial charge in [0.25, 0.3) is 0 Å². The normalized spacial score (nSPS) is 19.2. The number of carboxylic acid groups (broad SMARTS) is 1. The Kier molecular flexibility index (Phi) is 18.6. The van der Waals surface area contributed by atoms with E-state index in [1.807, 2.05) is 77.0 Å². The van der Waals surface area contributed by atoms with Gasteiger partial charge < -0.3 is 35.0 Å². The van der Waals surface area contributed by atoms with Gasteiger partial charge in [-0.3, -0.25) is 24.1 Å². The fourth-order valence-electron chi connectivity index (χ4n) is 7.48. The van der Waals surface area contributed by atoms with Crippen LogP contribution < -0.4 is 10.6 Å². The standard InChI is InChI=1S/C38H63N5O8S/c1-11-24(4)33(42(8)37(47)28(22-52)40-36(46)32(23(2)3)41(6)7)30(50-9)21-31(44)43-19-15-18-29(43)34(51-10)25(5)35(45)39-27(38(48)49)20-26-16-13-12-14-17-26/h12-14,16-17,23-25,27-30,32-34,52H,11,15,18-22H2,1-10H3,(H,39,45)(H,40,46)(H,48,49)/t24?,25?,27?,28?,29-,30?,32?,33?,34?/m0/s1. The Hall–Kier alpha value is -3.20. The van der Waals surface area contributed by atoms with Crippen LogP contribution in [0.2, 0.25) is 0 Å². The number of carbonyl (C=O) groups excluding carboxylic acids is 4. The quantitative estimate of drug-likeness (QED) is 0.139. The molecule has 0 aliphatic carbocycles. The molecule has 0 aromatic heterocycles. The number of carboxylic acids is 1. The summed E-state index contributed by atoms with van der Waals surface area (Å²) in [5, 5.41) is 15.4. The molecule has 4 amide bonds. The third-order valence-electron chi connectivity index (χ3n) is 10.4. The van der Waals surface area contributed by atoms with Crippen LogP contribution >= 0.6 is 12.6 Å². The van der Waals surface area contributed by atoms with Crippen LogP contribution in [0.3, 0.4) is 0 Å². The van der Waals surface area contributed by atoms with Crippen LogP contribution in [0.15, 0.2) is 30.3 Å². The zero-order valence-corrected chi connectivity index (χ0v) is 33.6. The number of rotatable bonds is 21. The van der Waals surface area contributed by atoms with Crippen LogP contribution in [-0.2, 0) is 39.9 Å². The number of methoxy groups -OCH3 is 2. The number of aliphatic carboxylic acids is 1. The molecule has 1 saturated heterocycles. The predicted octanol–water partition coefficient (Wildman–Crippen LogP) is 2.72. The van der Waals surface area contributed by atoms with Gasteiger partial charge in [0, 0.05) is 40.0 Å². The molecule has 3 N–H and O–H groups in total. The second kappa shape index (κ2) is 21.5. The van der Waals surface area contributed by atoms with Gasteiger partial charge in [-0.05, 0) is 44.3 Å². The van der Waals surface area contributed by atoms with Crippen molar-refractivity contribution in [3.8, 4) is 0 Å². The van der Waals surface area contributed by atoms with Crippen molar-refractivity contribution in [3.05, 3.63) is 35.9 Å². The predicted molar refractivity (Wildman–Crippen MR) is 204 cm³/mol. The first kappa shape index (κ1) is 45.0. The highest BCUT2D eigenvalue weighted by Crippen LogP contribution is 2.29. The summed E-state index contributed by atoms with van der Waals surface area (Å²) in [4.78, 5) is 71.9. The third kappa shape index (κ3) is 11.9. The highest BCUT2D eigenvalue weighted by atomic mass is 32.1. The molecule has 0 radical (unpaired) electrons. The van der Waals surface area contributed by atoms with Gasteiger partial charge in [-0.15, -0.1) is 0 Å². The number of nitrogens with zero attached hydrogens (tertiary/aromatic N) is 3. The first-order chi connectivity index (χ1) is 24.5. The van der Waals surface area contributed by atoms with Crippen molar-refractivity contribution in [2.45, 2.75) is 109 Å². The van der Waals surface area contributed by atoms with Crippen LogP contribution in [0.25, 0.3) is 0 Å². The van der Waals surface area contributed by atoms with Crippen molar-refractivity contribution in [1.82, 2.24) is 25.3 Å². The molecule has 9 atom stereocenters. The maximum absolute atomic E-state index is 14.1. The average Bonchev–Trinajstić information content (AvgIpc) is 3.59. The molecule has 13 nitrogen and oxygen atoms in total. The van der Waals surface area contributed by atoms with E-state index in [0.717, 1.165) is 5.56 Å². The van der Waals surface area contributed by atoms with Crippen LogP contribution in [-0.4, -0.2) is 139 Å². The maximum Gasteiger partial charge on any atom is 0.326 e. The minimum absolute atomic E-state index is 0.0194. The van der Waals surface area contributed by atoms with E-state index < -0.39 is 60.2 Å². The Morgan fingerprint density at radius 3 is 2.08 bits per heavy atom. The van der Waals surface area contributed by atoms with Gasteiger partial charge in [-0.1, -0.05) is 71.4 Å². The summed E-state index contributed by atoms with van der Waals surface area (Å²) >= 11 is 4.41. The van der Waals surface area contributed by atoms with Crippen molar-refractivity contribution < 1.29 is 38.6 Å². The van der Waals surface area contributed by atoms with E-state index in [0.29, 0.717) is 25.8 Å². The molecule has 1 heterocycles. The first-order valence-electron chi connectivity index (χ1n) is 18.3. The lowest BCUT2D eigenvalue weighted by atomic mass is 9.90. The van der Waals surface area contributed by atoms with Gasteiger partial charge in [0.15, 0.2) is 0 Å². The molecular formula is C38H63N5O8S. The van der Waals surface area contributed by atoms with E-state index in [9.17, 15) is 29.1 Å². The Labute approximate surface area is 315 Å². The molecule has 1 aliphatic rings. The van der Waals surface area contributed by atoms with Crippen molar-refractivity contribution in [1.29, 1.82) is 0 Å². The number of likely N-dealkylation sites (tertiary alicyclic amines) is 1. The Morgan fingerprint density at radius 1 is 0.962 bits per heavy atom. The minimum Gasteiger partial charge on any atom is -0.480 e. The molecule has 0 saturated carbocycles. The number of likely N-dealkylation sites (N-methyl/N-ethyl adjacent to an activating group) is 2. The molecule has 1 aromatic carbocycles. The third-order valence-corrected chi connectivity index (χ3v) is 10.8. The fourth-order valence-corrected chi connectivity index (χ4v) is 7.73. The van der Waals surface area contributed by atoms with Crippen molar-refractivity contribution in [3.63, 3.8) is 0 Å². The van der Waals surface area contributed by atoms with Gasteiger partial charge in [-0.25, -0.2) is 4.79 Å². The van der Waals surface area contributed by atoms with E-state index in [-0.39, 0.29) is 48.2 Å². The van der Waals surface area contributed by atoms with E-state index >= 15 is 0 Å². The summed E-state index contributed by atoms with van der Waals surface area (Å²) in [5.41, 5.74) is 0.782.